The van der Waals surface area contributed by atoms with Crippen LogP contribution in [0.3, 0.4) is 0 Å². The van der Waals surface area contributed by atoms with Crippen molar-refractivity contribution >= 4 is 11.9 Å². The Kier molecular flexibility index (Phi) is 5.09. The second-order valence-electron chi connectivity index (χ2n) is 3.81. The lowest BCUT2D eigenvalue weighted by Gasteiger charge is -2.14. The third kappa shape index (κ3) is 3.95. The highest BCUT2D eigenvalue weighted by Gasteiger charge is 2.31. The molecule has 1 unspecified atom stereocenters. The molecule has 0 aliphatic heterocycles. The number of hydrogen-bond acceptors (Lipinski definition) is 4. The molecule has 1 aromatic rings. The number of benzene rings is 1. The van der Waals surface area contributed by atoms with Crippen LogP contribution in [0.1, 0.15) is 15.9 Å². The molecular weight excluding hydrogens is 279 g/mol. The van der Waals surface area contributed by atoms with Crippen LogP contribution in [-0.4, -0.2) is 36.7 Å². The van der Waals surface area contributed by atoms with Crippen LogP contribution in [-0.2, 0) is 15.7 Å². The molecule has 110 valence electrons. The first-order chi connectivity index (χ1) is 9.29. The lowest BCUT2D eigenvalue weighted by molar-refractivity contribution is -0.144. The van der Waals surface area contributed by atoms with E-state index >= 15 is 0 Å². The fourth-order valence-electron chi connectivity index (χ4n) is 1.40. The summed E-state index contributed by atoms with van der Waals surface area (Å²) in [5.41, 5.74) is -1.26. The quantitative estimate of drug-likeness (QED) is 0.811. The highest BCUT2D eigenvalue weighted by molar-refractivity contribution is 5.96. The highest BCUT2D eigenvalue weighted by Crippen LogP contribution is 2.29. The van der Waals surface area contributed by atoms with E-state index in [1.165, 1.54) is 0 Å². The van der Waals surface area contributed by atoms with Crippen molar-refractivity contribution in [3.8, 4) is 0 Å². The summed E-state index contributed by atoms with van der Waals surface area (Å²) in [6.07, 6.45) is -4.57. The Morgan fingerprint density at radius 2 is 2.05 bits per heavy atom. The molecule has 1 aromatic carbocycles. The minimum atomic E-state index is -4.57. The van der Waals surface area contributed by atoms with E-state index in [1.54, 1.807) is 0 Å². The summed E-state index contributed by atoms with van der Waals surface area (Å²) in [5, 5.41) is 11.0. The lowest BCUT2D eigenvalue weighted by Crippen LogP contribution is -2.44. The largest absolute Gasteiger partial charge is 0.467 e. The van der Waals surface area contributed by atoms with Crippen molar-refractivity contribution in [3.63, 3.8) is 0 Å². The van der Waals surface area contributed by atoms with Crippen LogP contribution in [0.15, 0.2) is 24.3 Å². The number of alkyl halides is 3. The summed E-state index contributed by atoms with van der Waals surface area (Å²) in [6, 6.07) is 2.38. The number of esters is 1. The standard InChI is InChI=1S/C12H12F3NO4/c1-20-11(19)9(6-17)16-10(18)7-3-2-4-8(5-7)12(13,14)15/h2-5,9,17H,6H2,1H3,(H,16,18). The van der Waals surface area contributed by atoms with Gasteiger partial charge >= 0.3 is 12.1 Å². The first-order valence-corrected chi connectivity index (χ1v) is 5.46. The maximum atomic E-state index is 12.5. The van der Waals surface area contributed by atoms with Gasteiger partial charge in [0.15, 0.2) is 6.04 Å². The molecule has 0 heterocycles. The van der Waals surface area contributed by atoms with Crippen molar-refractivity contribution in [1.29, 1.82) is 0 Å². The second kappa shape index (κ2) is 6.38. The van der Waals surface area contributed by atoms with E-state index < -0.39 is 36.3 Å². The second-order valence-corrected chi connectivity index (χ2v) is 3.81. The number of ether oxygens (including phenoxy) is 1. The number of halogens is 3. The van der Waals surface area contributed by atoms with E-state index in [0.717, 1.165) is 25.3 Å². The minimum Gasteiger partial charge on any atom is -0.467 e. The molecule has 20 heavy (non-hydrogen) atoms. The number of aliphatic hydroxyl groups excluding tert-OH is 1. The number of nitrogens with one attached hydrogen (secondary N) is 1. The summed E-state index contributed by atoms with van der Waals surface area (Å²) in [4.78, 5) is 22.9. The van der Waals surface area contributed by atoms with Gasteiger partial charge in [-0.3, -0.25) is 4.79 Å². The normalized spacial score (nSPS) is 12.7. The smallest absolute Gasteiger partial charge is 0.416 e. The maximum absolute atomic E-state index is 12.5. The van der Waals surface area contributed by atoms with Crippen molar-refractivity contribution in [2.24, 2.45) is 0 Å². The van der Waals surface area contributed by atoms with E-state index in [1.807, 2.05) is 0 Å². The molecule has 0 aliphatic carbocycles. The molecule has 1 atom stereocenters. The fourth-order valence-corrected chi connectivity index (χ4v) is 1.40. The Hall–Kier alpha value is -2.09. The van der Waals surface area contributed by atoms with E-state index in [0.29, 0.717) is 6.07 Å². The number of rotatable bonds is 4. The van der Waals surface area contributed by atoms with E-state index in [9.17, 15) is 22.8 Å². The van der Waals surface area contributed by atoms with Gasteiger partial charge in [0.05, 0.1) is 19.3 Å². The van der Waals surface area contributed by atoms with Gasteiger partial charge in [-0.05, 0) is 18.2 Å². The summed E-state index contributed by atoms with van der Waals surface area (Å²) >= 11 is 0. The van der Waals surface area contributed by atoms with Crippen LogP contribution >= 0.6 is 0 Å². The van der Waals surface area contributed by atoms with Gasteiger partial charge in [-0.25, -0.2) is 4.79 Å². The third-order valence-corrected chi connectivity index (χ3v) is 2.43. The Labute approximate surface area is 112 Å². The minimum absolute atomic E-state index is 0.276. The van der Waals surface area contributed by atoms with Gasteiger partial charge in [0, 0.05) is 5.56 Å². The van der Waals surface area contributed by atoms with Crippen LogP contribution in [0.25, 0.3) is 0 Å². The van der Waals surface area contributed by atoms with E-state index in [2.05, 4.69) is 10.1 Å². The van der Waals surface area contributed by atoms with Crippen LogP contribution < -0.4 is 5.32 Å². The van der Waals surface area contributed by atoms with Crippen LogP contribution in [0, 0.1) is 0 Å². The zero-order valence-electron chi connectivity index (χ0n) is 10.4. The third-order valence-electron chi connectivity index (χ3n) is 2.43. The first kappa shape index (κ1) is 16.0. The molecule has 0 saturated carbocycles. The number of hydrogen-bond donors (Lipinski definition) is 2. The molecule has 0 aliphatic rings. The molecule has 0 fully saturated rings. The Morgan fingerprint density at radius 1 is 1.40 bits per heavy atom. The van der Waals surface area contributed by atoms with Gasteiger partial charge < -0.3 is 15.2 Å². The van der Waals surface area contributed by atoms with Gasteiger partial charge in [0.1, 0.15) is 0 Å². The van der Waals surface area contributed by atoms with Gasteiger partial charge in [-0.15, -0.1) is 0 Å². The predicted molar refractivity (Wildman–Crippen MR) is 61.8 cm³/mol. The van der Waals surface area contributed by atoms with Crippen LogP contribution in [0.2, 0.25) is 0 Å². The fraction of sp³-hybridized carbons (Fsp3) is 0.333. The number of methoxy groups -OCH3 is 1. The van der Waals surface area contributed by atoms with Crippen molar-refractivity contribution in [1.82, 2.24) is 5.32 Å². The summed E-state index contributed by atoms with van der Waals surface area (Å²) in [5.74, 6) is -1.81. The zero-order valence-corrected chi connectivity index (χ0v) is 10.4. The Morgan fingerprint density at radius 3 is 2.55 bits per heavy atom. The predicted octanol–water partition coefficient (Wildman–Crippen LogP) is 0.969. The van der Waals surface area contributed by atoms with Crippen LogP contribution in [0.5, 0.6) is 0 Å². The first-order valence-electron chi connectivity index (χ1n) is 5.46. The molecular formula is C12H12F3NO4. The maximum Gasteiger partial charge on any atom is 0.416 e. The molecule has 5 nitrogen and oxygen atoms in total. The molecule has 2 N–H and O–H groups in total. The van der Waals surface area contributed by atoms with Gasteiger partial charge in [-0.1, -0.05) is 6.07 Å². The molecule has 0 spiro atoms. The molecule has 8 heteroatoms. The number of carbonyl (C=O) groups excluding carboxylic acids is 2. The van der Waals surface area contributed by atoms with Crippen molar-refractivity contribution in [2.45, 2.75) is 12.2 Å². The molecule has 0 saturated heterocycles. The van der Waals surface area contributed by atoms with Crippen molar-refractivity contribution in [2.75, 3.05) is 13.7 Å². The topological polar surface area (TPSA) is 75.6 Å². The number of amides is 1. The summed E-state index contributed by atoms with van der Waals surface area (Å²) in [6.45, 7) is -0.725. The average molecular weight is 291 g/mol. The highest BCUT2D eigenvalue weighted by atomic mass is 19.4. The monoisotopic (exact) mass is 291 g/mol. The zero-order chi connectivity index (χ0) is 15.3. The van der Waals surface area contributed by atoms with Gasteiger partial charge in [0.25, 0.3) is 5.91 Å². The Balaban J connectivity index is 2.90. The molecule has 1 rings (SSSR count). The van der Waals surface area contributed by atoms with E-state index in [-0.39, 0.29) is 5.56 Å². The molecule has 0 radical (unpaired) electrons. The van der Waals surface area contributed by atoms with Gasteiger partial charge in [-0.2, -0.15) is 13.2 Å². The number of carbonyl (C=O) groups is 2. The van der Waals surface area contributed by atoms with E-state index in [4.69, 9.17) is 5.11 Å². The van der Waals surface area contributed by atoms with Crippen molar-refractivity contribution in [3.05, 3.63) is 35.4 Å². The molecule has 0 aromatic heterocycles. The van der Waals surface area contributed by atoms with Crippen LogP contribution in [0.4, 0.5) is 13.2 Å². The van der Waals surface area contributed by atoms with Crippen molar-refractivity contribution < 1.29 is 32.6 Å². The van der Waals surface area contributed by atoms with Gasteiger partial charge in [0.2, 0.25) is 0 Å². The average Bonchev–Trinajstić information content (AvgIpc) is 2.42. The molecule has 1 amide bonds. The number of aliphatic hydroxyl groups is 1. The molecule has 0 bridgehead atoms. The lowest BCUT2D eigenvalue weighted by atomic mass is 10.1. The summed E-state index contributed by atoms with van der Waals surface area (Å²) in [7, 11) is 1.06. The Bertz CT molecular complexity index is 502. The summed E-state index contributed by atoms with van der Waals surface area (Å²) < 4.78 is 41.8. The SMILES string of the molecule is COC(=O)C(CO)NC(=O)c1cccc(C(F)(F)F)c1.